The van der Waals surface area contributed by atoms with Gasteiger partial charge in [-0.15, -0.1) is 0 Å². The summed E-state index contributed by atoms with van der Waals surface area (Å²) >= 11 is 0. The SMILES string of the molecule is C[C@H]1COCCN1c1ccc2cc(-c3n[nH]c4ccc(C5CCCCC5)cc34)nc(OC3CCNCC3)c2c1. The fourth-order valence-corrected chi connectivity index (χ4v) is 6.69. The number of morpholine rings is 1. The number of pyridine rings is 1. The second-order valence-corrected chi connectivity index (χ2v) is 11.6. The lowest BCUT2D eigenvalue weighted by atomic mass is 9.83. The van der Waals surface area contributed by atoms with E-state index in [0.717, 1.165) is 84.6 Å². The number of nitrogens with zero attached hydrogens (tertiary/aromatic N) is 3. The Kier molecular flexibility index (Phi) is 6.87. The number of H-pyrrole nitrogens is 1. The minimum absolute atomic E-state index is 0.164. The Hall–Kier alpha value is -3.16. The summed E-state index contributed by atoms with van der Waals surface area (Å²) in [5.41, 5.74) is 5.46. The molecule has 0 radical (unpaired) electrons. The molecule has 0 amide bonds. The van der Waals surface area contributed by atoms with Gasteiger partial charge < -0.3 is 19.7 Å². The van der Waals surface area contributed by atoms with E-state index < -0.39 is 0 Å². The molecule has 2 N–H and O–H groups in total. The number of piperidine rings is 1. The molecule has 3 aliphatic rings. The summed E-state index contributed by atoms with van der Waals surface area (Å²) in [5.74, 6) is 1.37. The van der Waals surface area contributed by atoms with Crippen molar-refractivity contribution in [1.29, 1.82) is 0 Å². The number of rotatable bonds is 5. The van der Waals surface area contributed by atoms with Crippen LogP contribution in [0.4, 0.5) is 5.69 Å². The molecule has 7 nitrogen and oxygen atoms in total. The molecular formula is C32H39N5O2. The number of aromatic amines is 1. The van der Waals surface area contributed by atoms with E-state index in [2.05, 4.69) is 64.7 Å². The Bertz CT molecular complexity index is 1450. The molecule has 4 heterocycles. The van der Waals surface area contributed by atoms with Crippen LogP contribution in [-0.2, 0) is 4.74 Å². The second-order valence-electron chi connectivity index (χ2n) is 11.6. The first-order valence-electron chi connectivity index (χ1n) is 14.9. The highest BCUT2D eigenvalue weighted by Gasteiger charge is 2.23. The van der Waals surface area contributed by atoms with Gasteiger partial charge in [-0.2, -0.15) is 5.10 Å². The average Bonchev–Trinajstić information content (AvgIpc) is 3.42. The van der Waals surface area contributed by atoms with Gasteiger partial charge in [0.2, 0.25) is 5.88 Å². The first kappa shape index (κ1) is 24.9. The average molecular weight is 526 g/mol. The molecule has 2 aliphatic heterocycles. The quantitative estimate of drug-likeness (QED) is 0.324. The molecule has 7 heteroatoms. The summed E-state index contributed by atoms with van der Waals surface area (Å²) in [6.45, 7) is 6.59. The second kappa shape index (κ2) is 10.8. The number of benzene rings is 2. The smallest absolute Gasteiger partial charge is 0.222 e. The Balaban J connectivity index is 1.31. The molecule has 1 aliphatic carbocycles. The van der Waals surface area contributed by atoms with E-state index in [-0.39, 0.29) is 6.10 Å². The van der Waals surface area contributed by atoms with Crippen LogP contribution < -0.4 is 15.0 Å². The molecule has 0 bridgehead atoms. The Morgan fingerprint density at radius 3 is 2.67 bits per heavy atom. The van der Waals surface area contributed by atoms with Crippen molar-refractivity contribution in [3.63, 3.8) is 0 Å². The molecule has 0 spiro atoms. The predicted molar refractivity (Wildman–Crippen MR) is 157 cm³/mol. The zero-order valence-corrected chi connectivity index (χ0v) is 22.9. The van der Waals surface area contributed by atoms with Crippen molar-refractivity contribution in [2.75, 3.05) is 37.7 Å². The number of nitrogens with one attached hydrogen (secondary N) is 2. The van der Waals surface area contributed by atoms with Crippen molar-refractivity contribution >= 4 is 27.4 Å². The van der Waals surface area contributed by atoms with Crippen LogP contribution in [0.25, 0.3) is 33.1 Å². The predicted octanol–water partition coefficient (Wildman–Crippen LogP) is 6.18. The fraction of sp³-hybridized carbons (Fsp3) is 0.500. The van der Waals surface area contributed by atoms with Crippen LogP contribution in [-0.4, -0.2) is 60.2 Å². The lowest BCUT2D eigenvalue weighted by Crippen LogP contribution is -2.43. The first-order valence-corrected chi connectivity index (χ1v) is 14.9. The van der Waals surface area contributed by atoms with Crippen molar-refractivity contribution in [3.05, 3.63) is 48.0 Å². The molecule has 2 aromatic carbocycles. The third kappa shape index (κ3) is 4.98. The number of ether oxygens (including phenoxy) is 2. The Morgan fingerprint density at radius 1 is 0.949 bits per heavy atom. The minimum atomic E-state index is 0.164. The lowest BCUT2D eigenvalue weighted by Gasteiger charge is -2.35. The van der Waals surface area contributed by atoms with E-state index >= 15 is 0 Å². The third-order valence-electron chi connectivity index (χ3n) is 8.95. The maximum Gasteiger partial charge on any atom is 0.222 e. The maximum absolute atomic E-state index is 6.68. The van der Waals surface area contributed by atoms with Crippen LogP contribution in [0, 0.1) is 0 Å². The van der Waals surface area contributed by atoms with Gasteiger partial charge in [0.05, 0.1) is 24.4 Å². The van der Waals surface area contributed by atoms with Crippen LogP contribution in [0.3, 0.4) is 0 Å². The van der Waals surface area contributed by atoms with E-state index in [0.29, 0.717) is 12.0 Å². The van der Waals surface area contributed by atoms with Gasteiger partial charge in [0.25, 0.3) is 0 Å². The topological polar surface area (TPSA) is 75.3 Å². The standard InChI is InChI=1S/C32H39N5O2/c1-21-20-38-16-15-37(21)25-9-7-24-18-30(34-32(27(24)19-25)39-26-11-13-33-14-12-26)31-28-17-23(8-10-29(28)35-36-31)22-5-3-2-4-6-22/h7-10,17-19,21-22,26,33H,2-6,11-16,20H2,1H3,(H,35,36)/t21-/m0/s1. The molecular weight excluding hydrogens is 486 g/mol. The molecule has 7 rings (SSSR count). The summed E-state index contributed by atoms with van der Waals surface area (Å²) in [6, 6.07) is 16.1. The van der Waals surface area contributed by atoms with Crippen LogP contribution >= 0.6 is 0 Å². The highest BCUT2D eigenvalue weighted by atomic mass is 16.5. The van der Waals surface area contributed by atoms with Gasteiger partial charge in [-0.25, -0.2) is 4.98 Å². The molecule has 3 fully saturated rings. The van der Waals surface area contributed by atoms with Crippen molar-refractivity contribution < 1.29 is 9.47 Å². The summed E-state index contributed by atoms with van der Waals surface area (Å²) in [6.07, 6.45) is 8.73. The Labute approximate surface area is 230 Å². The molecule has 4 aromatic rings. The van der Waals surface area contributed by atoms with Crippen LogP contribution in [0.5, 0.6) is 5.88 Å². The number of hydrogen-bond acceptors (Lipinski definition) is 6. The molecule has 204 valence electrons. The molecule has 1 saturated carbocycles. The van der Waals surface area contributed by atoms with Gasteiger partial charge in [0.15, 0.2) is 0 Å². The first-order chi connectivity index (χ1) is 19.2. The summed E-state index contributed by atoms with van der Waals surface area (Å²) in [5, 5.41) is 14.8. The van der Waals surface area contributed by atoms with E-state index in [1.54, 1.807) is 0 Å². The monoisotopic (exact) mass is 525 g/mol. The Morgan fingerprint density at radius 2 is 1.82 bits per heavy atom. The van der Waals surface area contributed by atoms with Crippen molar-refractivity contribution in [2.45, 2.75) is 69.9 Å². The van der Waals surface area contributed by atoms with Gasteiger partial charge in [-0.05, 0) is 92.9 Å². The van der Waals surface area contributed by atoms with Crippen molar-refractivity contribution in [1.82, 2.24) is 20.5 Å². The molecule has 2 aromatic heterocycles. The largest absolute Gasteiger partial charge is 0.474 e. The summed E-state index contributed by atoms with van der Waals surface area (Å²) in [4.78, 5) is 7.60. The molecule has 1 atom stereocenters. The third-order valence-corrected chi connectivity index (χ3v) is 8.95. The number of anilines is 1. The van der Waals surface area contributed by atoms with Gasteiger partial charge >= 0.3 is 0 Å². The van der Waals surface area contributed by atoms with Gasteiger partial charge in [-0.3, -0.25) is 5.10 Å². The number of hydrogen-bond donors (Lipinski definition) is 2. The van der Waals surface area contributed by atoms with Crippen LogP contribution in [0.1, 0.15) is 63.4 Å². The number of fused-ring (bicyclic) bond motifs is 2. The van der Waals surface area contributed by atoms with Gasteiger partial charge in [0.1, 0.15) is 11.8 Å². The highest BCUT2D eigenvalue weighted by Crippen LogP contribution is 2.38. The lowest BCUT2D eigenvalue weighted by molar-refractivity contribution is 0.0989. The van der Waals surface area contributed by atoms with Crippen molar-refractivity contribution in [2.24, 2.45) is 0 Å². The van der Waals surface area contributed by atoms with E-state index in [1.807, 2.05) is 0 Å². The summed E-state index contributed by atoms with van der Waals surface area (Å²) in [7, 11) is 0. The zero-order valence-electron chi connectivity index (χ0n) is 22.9. The summed E-state index contributed by atoms with van der Waals surface area (Å²) < 4.78 is 12.4. The van der Waals surface area contributed by atoms with Crippen molar-refractivity contribution in [3.8, 4) is 17.3 Å². The van der Waals surface area contributed by atoms with E-state index in [4.69, 9.17) is 19.6 Å². The zero-order chi connectivity index (χ0) is 26.2. The van der Waals surface area contributed by atoms with Crippen LogP contribution in [0.15, 0.2) is 42.5 Å². The molecule has 0 unspecified atom stereocenters. The normalized spacial score (nSPS) is 21.6. The van der Waals surface area contributed by atoms with Crippen LogP contribution in [0.2, 0.25) is 0 Å². The van der Waals surface area contributed by atoms with Gasteiger partial charge in [0, 0.05) is 29.0 Å². The minimum Gasteiger partial charge on any atom is -0.474 e. The molecule has 39 heavy (non-hydrogen) atoms. The molecule has 2 saturated heterocycles. The van der Waals surface area contributed by atoms with E-state index in [9.17, 15) is 0 Å². The number of aromatic nitrogens is 3. The maximum atomic E-state index is 6.68. The fourth-order valence-electron chi connectivity index (χ4n) is 6.69. The van der Waals surface area contributed by atoms with Gasteiger partial charge in [-0.1, -0.05) is 31.4 Å². The highest BCUT2D eigenvalue weighted by molar-refractivity contribution is 5.97. The van der Waals surface area contributed by atoms with E-state index in [1.165, 1.54) is 43.4 Å².